The highest BCUT2D eigenvalue weighted by Gasteiger charge is 2.23. The van der Waals surface area contributed by atoms with Crippen molar-refractivity contribution in [3.63, 3.8) is 0 Å². The van der Waals surface area contributed by atoms with Crippen LogP contribution in [0.25, 0.3) is 0 Å². The molecule has 3 amide bonds. The van der Waals surface area contributed by atoms with Crippen LogP contribution in [0.3, 0.4) is 0 Å². The van der Waals surface area contributed by atoms with Crippen molar-refractivity contribution in [3.05, 3.63) is 54.6 Å². The van der Waals surface area contributed by atoms with Gasteiger partial charge in [-0.1, -0.05) is 38.1 Å². The molecule has 1 atom stereocenters. The largest absolute Gasteiger partial charge is 0.497 e. The number of methoxy groups -OCH3 is 1. The Labute approximate surface area is 165 Å². The SMILES string of the molecule is COc1cccc(OCCNC(=O)C(NC(=O)Nc2ccccc2)C(C)C)c1. The van der Waals surface area contributed by atoms with Crippen molar-refractivity contribution in [2.24, 2.45) is 5.92 Å². The Morgan fingerprint density at radius 3 is 2.39 bits per heavy atom. The summed E-state index contributed by atoms with van der Waals surface area (Å²) in [6.07, 6.45) is 0. The first kappa shape index (κ1) is 21.1. The van der Waals surface area contributed by atoms with Crippen molar-refractivity contribution in [1.82, 2.24) is 10.6 Å². The maximum atomic E-state index is 12.5. The van der Waals surface area contributed by atoms with Crippen molar-refractivity contribution in [2.75, 3.05) is 25.6 Å². The van der Waals surface area contributed by atoms with E-state index in [4.69, 9.17) is 9.47 Å². The zero-order chi connectivity index (χ0) is 20.4. The van der Waals surface area contributed by atoms with Crippen LogP contribution in [0.4, 0.5) is 10.5 Å². The Balaban J connectivity index is 1.79. The van der Waals surface area contributed by atoms with Crippen LogP contribution in [-0.4, -0.2) is 38.2 Å². The molecule has 0 fully saturated rings. The molecule has 2 rings (SSSR count). The van der Waals surface area contributed by atoms with Crippen LogP contribution < -0.4 is 25.4 Å². The van der Waals surface area contributed by atoms with E-state index in [0.29, 0.717) is 30.3 Å². The molecule has 1 unspecified atom stereocenters. The van der Waals surface area contributed by atoms with Gasteiger partial charge in [0.2, 0.25) is 5.91 Å². The molecule has 3 N–H and O–H groups in total. The van der Waals surface area contributed by atoms with E-state index in [-0.39, 0.29) is 11.8 Å². The van der Waals surface area contributed by atoms with Crippen LogP contribution in [0.15, 0.2) is 54.6 Å². The van der Waals surface area contributed by atoms with Crippen LogP contribution in [0, 0.1) is 5.92 Å². The molecule has 0 heterocycles. The highest BCUT2D eigenvalue weighted by molar-refractivity contribution is 5.93. The number of benzene rings is 2. The molecule has 0 aliphatic rings. The molecule has 150 valence electrons. The van der Waals surface area contributed by atoms with Crippen LogP contribution in [0.2, 0.25) is 0 Å². The number of carbonyl (C=O) groups is 2. The number of hydrogen-bond acceptors (Lipinski definition) is 4. The standard InChI is InChI=1S/C21H27N3O4/c1-15(2)19(24-21(26)23-16-8-5-4-6-9-16)20(25)22-12-13-28-18-11-7-10-17(14-18)27-3/h4-11,14-15,19H,12-13H2,1-3H3,(H,22,25)(H2,23,24,26). The number of amides is 3. The summed E-state index contributed by atoms with van der Waals surface area (Å²) in [5.41, 5.74) is 0.662. The third kappa shape index (κ3) is 6.83. The Hall–Kier alpha value is -3.22. The smallest absolute Gasteiger partial charge is 0.319 e. The van der Waals surface area contributed by atoms with Crippen molar-refractivity contribution in [1.29, 1.82) is 0 Å². The number of nitrogens with one attached hydrogen (secondary N) is 3. The molecule has 0 spiro atoms. The lowest BCUT2D eigenvalue weighted by Gasteiger charge is -2.22. The van der Waals surface area contributed by atoms with Crippen LogP contribution in [-0.2, 0) is 4.79 Å². The van der Waals surface area contributed by atoms with Crippen LogP contribution in [0.5, 0.6) is 11.5 Å². The Morgan fingerprint density at radius 1 is 1.00 bits per heavy atom. The van der Waals surface area contributed by atoms with Gasteiger partial charge in [0.15, 0.2) is 0 Å². The second-order valence-electron chi connectivity index (χ2n) is 6.50. The van der Waals surface area contributed by atoms with Gasteiger partial charge in [0.05, 0.1) is 13.7 Å². The van der Waals surface area contributed by atoms with Gasteiger partial charge in [-0.2, -0.15) is 0 Å². The minimum atomic E-state index is -0.652. The highest BCUT2D eigenvalue weighted by Crippen LogP contribution is 2.18. The number of urea groups is 1. The maximum absolute atomic E-state index is 12.5. The molecule has 0 saturated heterocycles. The van der Waals surface area contributed by atoms with Crippen LogP contribution >= 0.6 is 0 Å². The zero-order valence-electron chi connectivity index (χ0n) is 16.4. The van der Waals surface area contributed by atoms with Crippen molar-refractivity contribution in [3.8, 4) is 11.5 Å². The fraction of sp³-hybridized carbons (Fsp3) is 0.333. The molecular formula is C21H27N3O4. The molecule has 28 heavy (non-hydrogen) atoms. The van der Waals surface area contributed by atoms with Gasteiger partial charge in [0, 0.05) is 11.8 Å². The van der Waals surface area contributed by atoms with E-state index in [2.05, 4.69) is 16.0 Å². The lowest BCUT2D eigenvalue weighted by Crippen LogP contribution is -2.51. The first-order valence-corrected chi connectivity index (χ1v) is 9.16. The zero-order valence-corrected chi connectivity index (χ0v) is 16.4. The Morgan fingerprint density at radius 2 is 1.71 bits per heavy atom. The molecule has 0 aliphatic heterocycles. The molecule has 2 aromatic carbocycles. The number of para-hydroxylation sites is 1. The van der Waals surface area contributed by atoms with Crippen molar-refractivity contribution < 1.29 is 19.1 Å². The predicted molar refractivity (Wildman–Crippen MR) is 109 cm³/mol. The topological polar surface area (TPSA) is 88.7 Å². The summed E-state index contributed by atoms with van der Waals surface area (Å²) >= 11 is 0. The first-order chi connectivity index (χ1) is 13.5. The lowest BCUT2D eigenvalue weighted by atomic mass is 10.0. The minimum absolute atomic E-state index is 0.0687. The molecule has 0 saturated carbocycles. The summed E-state index contributed by atoms with van der Waals surface area (Å²) < 4.78 is 10.7. The van der Waals surface area contributed by atoms with Crippen LogP contribution in [0.1, 0.15) is 13.8 Å². The van der Waals surface area contributed by atoms with Gasteiger partial charge < -0.3 is 25.4 Å². The summed E-state index contributed by atoms with van der Waals surface area (Å²) in [6.45, 7) is 4.38. The Kier molecular flexibility index (Phi) is 8.14. The van der Waals surface area contributed by atoms with E-state index >= 15 is 0 Å². The van der Waals surface area contributed by atoms with E-state index in [0.717, 1.165) is 0 Å². The fourth-order valence-corrected chi connectivity index (χ4v) is 2.51. The first-order valence-electron chi connectivity index (χ1n) is 9.16. The van der Waals surface area contributed by atoms with Gasteiger partial charge in [0.25, 0.3) is 0 Å². The predicted octanol–water partition coefficient (Wildman–Crippen LogP) is 3.04. The third-order valence-corrected chi connectivity index (χ3v) is 3.98. The summed E-state index contributed by atoms with van der Waals surface area (Å²) in [7, 11) is 1.59. The van der Waals surface area contributed by atoms with E-state index in [1.54, 1.807) is 25.3 Å². The molecule has 0 bridgehead atoms. The fourth-order valence-electron chi connectivity index (χ4n) is 2.51. The number of anilines is 1. The van der Waals surface area contributed by atoms with Gasteiger partial charge in [-0.05, 0) is 30.2 Å². The molecule has 7 nitrogen and oxygen atoms in total. The summed E-state index contributed by atoms with van der Waals surface area (Å²) in [5.74, 6) is 1.04. The van der Waals surface area contributed by atoms with Gasteiger partial charge in [-0.3, -0.25) is 4.79 Å². The molecule has 2 aromatic rings. The number of rotatable bonds is 9. The average Bonchev–Trinajstić information content (AvgIpc) is 2.70. The summed E-state index contributed by atoms with van der Waals surface area (Å²) in [6, 6.07) is 15.2. The minimum Gasteiger partial charge on any atom is -0.497 e. The number of hydrogen-bond donors (Lipinski definition) is 3. The summed E-state index contributed by atoms with van der Waals surface area (Å²) in [4.78, 5) is 24.6. The van der Waals surface area contributed by atoms with E-state index in [1.807, 2.05) is 50.2 Å². The van der Waals surface area contributed by atoms with Gasteiger partial charge in [0.1, 0.15) is 24.1 Å². The molecule has 7 heteroatoms. The van der Waals surface area contributed by atoms with E-state index in [9.17, 15) is 9.59 Å². The number of carbonyl (C=O) groups excluding carboxylic acids is 2. The van der Waals surface area contributed by atoms with Crippen molar-refractivity contribution in [2.45, 2.75) is 19.9 Å². The van der Waals surface area contributed by atoms with E-state index < -0.39 is 12.1 Å². The van der Waals surface area contributed by atoms with Gasteiger partial charge in [-0.25, -0.2) is 4.79 Å². The van der Waals surface area contributed by atoms with E-state index in [1.165, 1.54) is 0 Å². The molecular weight excluding hydrogens is 358 g/mol. The lowest BCUT2D eigenvalue weighted by molar-refractivity contribution is -0.123. The normalized spacial score (nSPS) is 11.4. The monoisotopic (exact) mass is 385 g/mol. The quantitative estimate of drug-likeness (QED) is 0.579. The second kappa shape index (κ2) is 10.8. The third-order valence-electron chi connectivity index (χ3n) is 3.98. The maximum Gasteiger partial charge on any atom is 0.319 e. The molecule has 0 radical (unpaired) electrons. The highest BCUT2D eigenvalue weighted by atomic mass is 16.5. The molecule has 0 aliphatic carbocycles. The molecule has 0 aromatic heterocycles. The summed E-state index contributed by atoms with van der Waals surface area (Å²) in [5, 5.41) is 8.23. The number of ether oxygens (including phenoxy) is 2. The van der Waals surface area contributed by atoms with Gasteiger partial charge in [-0.15, -0.1) is 0 Å². The Bertz CT molecular complexity index is 765. The average molecular weight is 385 g/mol. The van der Waals surface area contributed by atoms with Gasteiger partial charge >= 0.3 is 6.03 Å². The van der Waals surface area contributed by atoms with Crippen molar-refractivity contribution >= 4 is 17.6 Å². The second-order valence-corrected chi connectivity index (χ2v) is 6.50.